The maximum absolute atomic E-state index is 12.2. The molecule has 4 nitrogen and oxygen atoms in total. The zero-order valence-corrected chi connectivity index (χ0v) is 12.1. The van der Waals surface area contributed by atoms with Crippen molar-refractivity contribution in [3.8, 4) is 0 Å². The number of aryl methyl sites for hydroxylation is 1. The summed E-state index contributed by atoms with van der Waals surface area (Å²) in [5, 5.41) is 0. The molecule has 5 heteroatoms. The Morgan fingerprint density at radius 1 is 1.21 bits per heavy atom. The highest BCUT2D eigenvalue weighted by Crippen LogP contribution is 2.17. The summed E-state index contributed by atoms with van der Waals surface area (Å²) in [6.07, 6.45) is 2.37. The highest BCUT2D eigenvalue weighted by atomic mass is 32.2. The van der Waals surface area contributed by atoms with E-state index in [0.29, 0.717) is 19.5 Å². The summed E-state index contributed by atoms with van der Waals surface area (Å²) < 4.78 is 31.3. The summed E-state index contributed by atoms with van der Waals surface area (Å²) in [5.41, 5.74) is 1.07. The van der Waals surface area contributed by atoms with Crippen molar-refractivity contribution in [3.05, 3.63) is 35.9 Å². The van der Waals surface area contributed by atoms with Crippen LogP contribution < -0.4 is 0 Å². The van der Waals surface area contributed by atoms with Crippen LogP contribution in [-0.4, -0.2) is 44.8 Å². The number of nitrogens with zero attached hydrogens (tertiary/aromatic N) is 1. The second kappa shape index (κ2) is 6.50. The van der Waals surface area contributed by atoms with Crippen LogP contribution in [0.3, 0.4) is 0 Å². The molecule has 0 N–H and O–H groups in total. The van der Waals surface area contributed by atoms with Crippen molar-refractivity contribution in [1.82, 2.24) is 4.31 Å². The quantitative estimate of drug-likeness (QED) is 0.826. The lowest BCUT2D eigenvalue weighted by atomic mass is 10.1. The molecule has 1 aliphatic heterocycles. The van der Waals surface area contributed by atoms with Gasteiger partial charge in [0.05, 0.1) is 11.9 Å². The topological polar surface area (TPSA) is 46.6 Å². The van der Waals surface area contributed by atoms with E-state index in [2.05, 4.69) is 0 Å². The fourth-order valence-electron chi connectivity index (χ4n) is 2.37. The van der Waals surface area contributed by atoms with Crippen LogP contribution >= 0.6 is 0 Å². The van der Waals surface area contributed by atoms with Gasteiger partial charge in [0.15, 0.2) is 0 Å². The van der Waals surface area contributed by atoms with Crippen molar-refractivity contribution in [1.29, 1.82) is 0 Å². The van der Waals surface area contributed by atoms with Gasteiger partial charge < -0.3 is 4.74 Å². The first-order valence-corrected chi connectivity index (χ1v) is 8.27. The van der Waals surface area contributed by atoms with Gasteiger partial charge in [0.1, 0.15) is 0 Å². The monoisotopic (exact) mass is 283 g/mol. The zero-order chi connectivity index (χ0) is 13.7. The summed E-state index contributed by atoms with van der Waals surface area (Å²) in [7, 11) is -1.45. The largest absolute Gasteiger partial charge is 0.381 e. The van der Waals surface area contributed by atoms with Gasteiger partial charge >= 0.3 is 0 Å². The molecule has 0 saturated carbocycles. The van der Waals surface area contributed by atoms with E-state index in [9.17, 15) is 8.42 Å². The third kappa shape index (κ3) is 4.03. The molecule has 2 rings (SSSR count). The molecule has 0 bridgehead atoms. The first kappa shape index (κ1) is 14.5. The Hall–Kier alpha value is -0.910. The summed E-state index contributed by atoms with van der Waals surface area (Å²) in [5.74, 6) is 0.189. The summed E-state index contributed by atoms with van der Waals surface area (Å²) in [6, 6.07) is 9.74. The molecular formula is C14H21NO3S. The molecule has 106 valence electrons. The number of hydrogen-bond acceptors (Lipinski definition) is 3. The van der Waals surface area contributed by atoms with E-state index in [1.54, 1.807) is 11.4 Å². The van der Waals surface area contributed by atoms with Crippen LogP contribution in [0.4, 0.5) is 0 Å². The van der Waals surface area contributed by atoms with E-state index in [1.807, 2.05) is 30.3 Å². The summed E-state index contributed by atoms with van der Waals surface area (Å²) in [6.45, 7) is 1.16. The van der Waals surface area contributed by atoms with Crippen LogP contribution in [0.2, 0.25) is 0 Å². The van der Waals surface area contributed by atoms with Crippen molar-refractivity contribution in [2.24, 2.45) is 0 Å². The first-order valence-electron chi connectivity index (χ1n) is 6.66. The summed E-state index contributed by atoms with van der Waals surface area (Å²) in [4.78, 5) is 0. The molecule has 1 heterocycles. The van der Waals surface area contributed by atoms with Gasteiger partial charge in [-0.05, 0) is 24.8 Å². The van der Waals surface area contributed by atoms with Crippen LogP contribution in [0.5, 0.6) is 0 Å². The highest BCUT2D eigenvalue weighted by Gasteiger charge is 2.27. The lowest BCUT2D eigenvalue weighted by Crippen LogP contribution is -2.41. The van der Waals surface area contributed by atoms with Crippen molar-refractivity contribution in [2.45, 2.75) is 25.4 Å². The molecule has 1 saturated heterocycles. The fourth-order valence-corrected chi connectivity index (χ4v) is 3.89. The highest BCUT2D eigenvalue weighted by molar-refractivity contribution is 7.89. The number of methoxy groups -OCH3 is 1. The van der Waals surface area contributed by atoms with Gasteiger partial charge in [-0.3, -0.25) is 0 Å². The number of rotatable bonds is 5. The molecule has 0 amide bonds. The minimum atomic E-state index is -3.14. The molecule has 0 atom stereocenters. The number of ether oxygens (including phenoxy) is 1. The maximum atomic E-state index is 12.2. The predicted molar refractivity (Wildman–Crippen MR) is 75.5 cm³/mol. The van der Waals surface area contributed by atoms with Crippen LogP contribution in [0.15, 0.2) is 30.3 Å². The first-order chi connectivity index (χ1) is 9.12. The zero-order valence-electron chi connectivity index (χ0n) is 11.3. The standard InChI is InChI=1S/C14H21NO3S/c1-18-14-7-10-15(11-8-14)19(16,17)12-9-13-5-3-2-4-6-13/h2-6,14H,7-12H2,1H3. The van der Waals surface area contributed by atoms with Gasteiger partial charge in [-0.15, -0.1) is 0 Å². The second-order valence-corrected chi connectivity index (χ2v) is 6.97. The average molecular weight is 283 g/mol. The molecule has 0 unspecified atom stereocenters. The smallest absolute Gasteiger partial charge is 0.214 e. The molecule has 1 fully saturated rings. The molecule has 1 aromatic rings. The Morgan fingerprint density at radius 3 is 2.42 bits per heavy atom. The predicted octanol–water partition coefficient (Wildman–Crippen LogP) is 1.67. The van der Waals surface area contributed by atoms with Crippen molar-refractivity contribution < 1.29 is 13.2 Å². The van der Waals surface area contributed by atoms with Gasteiger partial charge in [-0.25, -0.2) is 12.7 Å². The number of hydrogen-bond donors (Lipinski definition) is 0. The molecule has 1 aliphatic rings. The molecule has 19 heavy (non-hydrogen) atoms. The molecule has 0 aromatic heterocycles. The Balaban J connectivity index is 1.89. The Morgan fingerprint density at radius 2 is 1.84 bits per heavy atom. The minimum absolute atomic E-state index is 0.189. The molecule has 0 aliphatic carbocycles. The average Bonchev–Trinajstić information content (AvgIpc) is 2.46. The van der Waals surface area contributed by atoms with Crippen LogP contribution in [0.1, 0.15) is 18.4 Å². The molecule has 0 spiro atoms. The minimum Gasteiger partial charge on any atom is -0.381 e. The van der Waals surface area contributed by atoms with E-state index in [0.717, 1.165) is 18.4 Å². The SMILES string of the molecule is COC1CCN(S(=O)(=O)CCc2ccccc2)CC1. The van der Waals surface area contributed by atoms with Gasteiger partial charge in [0.25, 0.3) is 0 Å². The summed E-state index contributed by atoms with van der Waals surface area (Å²) >= 11 is 0. The third-order valence-corrected chi connectivity index (χ3v) is 5.49. The van der Waals surface area contributed by atoms with E-state index in [-0.39, 0.29) is 11.9 Å². The van der Waals surface area contributed by atoms with Gasteiger partial charge in [-0.1, -0.05) is 30.3 Å². The van der Waals surface area contributed by atoms with E-state index < -0.39 is 10.0 Å². The number of piperidine rings is 1. The van der Waals surface area contributed by atoms with E-state index in [1.165, 1.54) is 0 Å². The lowest BCUT2D eigenvalue weighted by Gasteiger charge is -2.30. The molecule has 0 radical (unpaired) electrons. The molecular weight excluding hydrogens is 262 g/mol. The van der Waals surface area contributed by atoms with Crippen molar-refractivity contribution in [2.75, 3.05) is 26.0 Å². The van der Waals surface area contributed by atoms with Crippen LogP contribution in [0, 0.1) is 0 Å². The molecule has 1 aromatic carbocycles. The van der Waals surface area contributed by atoms with Gasteiger partial charge in [0.2, 0.25) is 10.0 Å². The maximum Gasteiger partial charge on any atom is 0.214 e. The lowest BCUT2D eigenvalue weighted by molar-refractivity contribution is 0.0604. The second-order valence-electron chi connectivity index (χ2n) is 4.89. The Kier molecular flexibility index (Phi) is 4.96. The Labute approximate surface area is 115 Å². The van der Waals surface area contributed by atoms with Gasteiger partial charge in [0, 0.05) is 20.2 Å². The Bertz CT molecular complexity index is 479. The fraction of sp³-hybridized carbons (Fsp3) is 0.571. The van der Waals surface area contributed by atoms with Gasteiger partial charge in [-0.2, -0.15) is 0 Å². The van der Waals surface area contributed by atoms with Crippen molar-refractivity contribution in [3.63, 3.8) is 0 Å². The number of benzene rings is 1. The van der Waals surface area contributed by atoms with Crippen LogP contribution in [0.25, 0.3) is 0 Å². The third-order valence-electron chi connectivity index (χ3n) is 3.62. The van der Waals surface area contributed by atoms with Crippen LogP contribution in [-0.2, 0) is 21.2 Å². The van der Waals surface area contributed by atoms with E-state index >= 15 is 0 Å². The van der Waals surface area contributed by atoms with E-state index in [4.69, 9.17) is 4.74 Å². The van der Waals surface area contributed by atoms with Crippen molar-refractivity contribution >= 4 is 10.0 Å². The normalized spacial score (nSPS) is 18.6. The number of sulfonamides is 1.